The predicted octanol–water partition coefficient (Wildman–Crippen LogP) is 6.75. The van der Waals surface area contributed by atoms with Gasteiger partial charge >= 0.3 is 6.18 Å². The van der Waals surface area contributed by atoms with Crippen molar-refractivity contribution in [1.82, 2.24) is 4.40 Å². The molecule has 4 nitrogen and oxygen atoms in total. The molecule has 0 aliphatic rings. The molecule has 1 amide bonds. The monoisotopic (exact) mass is 476 g/mol. The number of ketones is 1. The summed E-state index contributed by atoms with van der Waals surface area (Å²) in [5.41, 5.74) is 0.00848. The van der Waals surface area contributed by atoms with Gasteiger partial charge in [0.05, 0.1) is 11.3 Å². The van der Waals surface area contributed by atoms with Gasteiger partial charge in [0.1, 0.15) is 5.69 Å². The van der Waals surface area contributed by atoms with Crippen LogP contribution < -0.4 is 5.32 Å². The van der Waals surface area contributed by atoms with Crippen molar-refractivity contribution in [2.24, 2.45) is 0 Å². The molecule has 2 aromatic heterocycles. The Morgan fingerprint density at radius 3 is 2.25 bits per heavy atom. The van der Waals surface area contributed by atoms with Crippen molar-refractivity contribution in [3.8, 4) is 11.1 Å². The normalized spacial score (nSPS) is 11.5. The highest BCUT2D eigenvalue weighted by Gasteiger charge is 2.35. The van der Waals surface area contributed by atoms with Crippen LogP contribution in [0.15, 0.2) is 72.9 Å². The van der Waals surface area contributed by atoms with Gasteiger partial charge < -0.3 is 9.72 Å². The maximum atomic E-state index is 13.4. The first-order valence-corrected chi connectivity index (χ1v) is 9.99. The molecule has 162 valence electrons. The van der Waals surface area contributed by atoms with E-state index in [2.05, 4.69) is 5.32 Å². The Labute approximate surface area is 190 Å². The number of nitrogens with zero attached hydrogens (tertiary/aromatic N) is 1. The molecule has 9 heteroatoms. The van der Waals surface area contributed by atoms with Crippen LogP contribution in [0.1, 0.15) is 16.1 Å². The molecule has 0 unspecified atom stereocenters. The number of hydrogen-bond acceptors (Lipinski definition) is 2. The zero-order valence-electron chi connectivity index (χ0n) is 16.1. The predicted molar refractivity (Wildman–Crippen MR) is 117 cm³/mol. The largest absolute Gasteiger partial charge is 0.418 e. The van der Waals surface area contributed by atoms with Crippen molar-refractivity contribution in [1.29, 1.82) is 0 Å². The molecule has 1 N–H and O–H groups in total. The summed E-state index contributed by atoms with van der Waals surface area (Å²) in [5, 5.41) is 2.43. The lowest BCUT2D eigenvalue weighted by molar-refractivity contribution is -0.137. The molecule has 0 radical (unpaired) electrons. The smallest absolute Gasteiger partial charge is 0.318 e. The third-order valence-corrected chi connectivity index (χ3v) is 5.28. The Balaban J connectivity index is 1.77. The fourth-order valence-electron chi connectivity index (χ4n) is 3.35. The van der Waals surface area contributed by atoms with Crippen LogP contribution in [-0.2, 0) is 11.0 Å². The molecule has 4 rings (SSSR count). The molecule has 0 aliphatic carbocycles. The number of benzene rings is 2. The Morgan fingerprint density at radius 1 is 0.875 bits per heavy atom. The van der Waals surface area contributed by atoms with Crippen molar-refractivity contribution in [2.45, 2.75) is 6.18 Å². The summed E-state index contributed by atoms with van der Waals surface area (Å²) in [5.74, 6) is -2.21. The summed E-state index contributed by atoms with van der Waals surface area (Å²) in [4.78, 5) is 25.9. The number of carbonyl (C=O) groups is 2. The van der Waals surface area contributed by atoms with E-state index < -0.39 is 29.1 Å². The van der Waals surface area contributed by atoms with Gasteiger partial charge in [0.2, 0.25) is 0 Å². The summed E-state index contributed by atoms with van der Waals surface area (Å²) < 4.78 is 41.6. The van der Waals surface area contributed by atoms with Gasteiger partial charge in [-0.15, -0.1) is 0 Å². The summed E-state index contributed by atoms with van der Waals surface area (Å²) >= 11 is 11.6. The molecule has 2 heterocycles. The number of carbonyl (C=O) groups excluding carboxylic acids is 2. The van der Waals surface area contributed by atoms with Crippen molar-refractivity contribution >= 4 is 46.1 Å². The molecular formula is C23H13Cl2F3N2O2. The second-order valence-corrected chi connectivity index (χ2v) is 7.75. The standard InChI is InChI=1S/C23H13Cl2F3N2O2/c24-14-6-4-13(5-7-14)17-12-16-3-1-2-10-30(16)20(17)21(31)22(32)29-19-9-8-15(25)11-18(19)23(26,27)28/h1-12H,(H,29,32). The topological polar surface area (TPSA) is 50.6 Å². The summed E-state index contributed by atoms with van der Waals surface area (Å²) in [7, 11) is 0. The quantitative estimate of drug-likeness (QED) is 0.261. The molecule has 0 spiro atoms. The summed E-state index contributed by atoms with van der Waals surface area (Å²) in [6.07, 6.45) is -3.18. The number of halogens is 5. The zero-order valence-corrected chi connectivity index (χ0v) is 17.6. The van der Waals surface area contributed by atoms with Crippen LogP contribution in [-0.4, -0.2) is 16.1 Å². The number of anilines is 1. The second kappa shape index (κ2) is 8.33. The van der Waals surface area contributed by atoms with E-state index in [1.165, 1.54) is 10.5 Å². The number of rotatable bonds is 4. The van der Waals surface area contributed by atoms with Crippen molar-refractivity contribution in [3.63, 3.8) is 0 Å². The van der Waals surface area contributed by atoms with E-state index in [4.69, 9.17) is 23.2 Å². The van der Waals surface area contributed by atoms with Gasteiger partial charge in [-0.05, 0) is 54.1 Å². The van der Waals surface area contributed by atoms with Crippen LogP contribution in [0.3, 0.4) is 0 Å². The first-order chi connectivity index (χ1) is 15.1. The lowest BCUT2D eigenvalue weighted by Crippen LogP contribution is -2.26. The summed E-state index contributed by atoms with van der Waals surface area (Å²) in [6.45, 7) is 0. The highest BCUT2D eigenvalue weighted by Crippen LogP contribution is 2.37. The van der Waals surface area contributed by atoms with Crippen molar-refractivity contribution in [2.75, 3.05) is 5.32 Å². The highest BCUT2D eigenvalue weighted by atomic mass is 35.5. The average Bonchev–Trinajstić information content (AvgIpc) is 3.13. The lowest BCUT2D eigenvalue weighted by atomic mass is 10.0. The fourth-order valence-corrected chi connectivity index (χ4v) is 3.65. The van der Waals surface area contributed by atoms with E-state index in [9.17, 15) is 22.8 Å². The van der Waals surface area contributed by atoms with E-state index in [-0.39, 0.29) is 10.7 Å². The van der Waals surface area contributed by atoms with Crippen LogP contribution >= 0.6 is 23.2 Å². The molecule has 4 aromatic rings. The number of pyridine rings is 1. The third kappa shape index (κ3) is 4.22. The number of nitrogens with one attached hydrogen (secondary N) is 1. The first kappa shape index (κ1) is 21.9. The van der Waals surface area contributed by atoms with Crippen LogP contribution in [0.4, 0.5) is 18.9 Å². The van der Waals surface area contributed by atoms with Gasteiger partial charge in [0, 0.05) is 27.3 Å². The average molecular weight is 477 g/mol. The second-order valence-electron chi connectivity index (χ2n) is 6.88. The molecule has 0 saturated heterocycles. The number of hydrogen-bond donors (Lipinski definition) is 1. The number of alkyl halides is 3. The number of fused-ring (bicyclic) bond motifs is 1. The van der Waals surface area contributed by atoms with Gasteiger partial charge in [-0.2, -0.15) is 13.2 Å². The van der Waals surface area contributed by atoms with Gasteiger partial charge in [-0.3, -0.25) is 9.59 Å². The molecule has 2 aromatic carbocycles. The molecule has 0 saturated carbocycles. The molecule has 0 bridgehead atoms. The fraction of sp³-hybridized carbons (Fsp3) is 0.0435. The van der Waals surface area contributed by atoms with E-state index in [1.807, 2.05) is 0 Å². The van der Waals surface area contributed by atoms with Crippen molar-refractivity contribution in [3.05, 3.63) is 94.2 Å². The van der Waals surface area contributed by atoms with E-state index >= 15 is 0 Å². The maximum absolute atomic E-state index is 13.4. The molecule has 0 atom stereocenters. The molecular weight excluding hydrogens is 464 g/mol. The van der Waals surface area contributed by atoms with Crippen LogP contribution in [0.2, 0.25) is 10.0 Å². The maximum Gasteiger partial charge on any atom is 0.418 e. The Kier molecular flexibility index (Phi) is 5.71. The number of amides is 1. The molecule has 0 fully saturated rings. The van der Waals surface area contributed by atoms with E-state index in [1.54, 1.807) is 54.7 Å². The van der Waals surface area contributed by atoms with Gasteiger partial charge in [0.25, 0.3) is 11.7 Å². The van der Waals surface area contributed by atoms with Crippen LogP contribution in [0.25, 0.3) is 16.6 Å². The summed E-state index contributed by atoms with van der Waals surface area (Å²) in [6, 6.07) is 16.4. The van der Waals surface area contributed by atoms with E-state index in [0.717, 1.165) is 6.07 Å². The number of aromatic nitrogens is 1. The minimum atomic E-state index is -4.77. The lowest BCUT2D eigenvalue weighted by Gasteiger charge is -2.14. The first-order valence-electron chi connectivity index (χ1n) is 9.23. The highest BCUT2D eigenvalue weighted by molar-refractivity contribution is 6.47. The minimum absolute atomic E-state index is 0.0166. The third-order valence-electron chi connectivity index (χ3n) is 4.79. The Bertz CT molecular complexity index is 1350. The Hall–Kier alpha value is -3.29. The molecule has 32 heavy (non-hydrogen) atoms. The van der Waals surface area contributed by atoms with Gasteiger partial charge in [-0.25, -0.2) is 0 Å². The Morgan fingerprint density at radius 2 is 1.56 bits per heavy atom. The van der Waals surface area contributed by atoms with Crippen LogP contribution in [0.5, 0.6) is 0 Å². The van der Waals surface area contributed by atoms with Crippen molar-refractivity contribution < 1.29 is 22.8 Å². The molecule has 0 aliphatic heterocycles. The SMILES string of the molecule is O=C(Nc1ccc(Cl)cc1C(F)(F)F)C(=O)c1c(-c2ccc(Cl)cc2)cc2ccccn12. The number of Topliss-reactive ketones (excluding diaryl/α,β-unsaturated/α-hetero) is 1. The van der Waals surface area contributed by atoms with Gasteiger partial charge in [0.15, 0.2) is 0 Å². The van der Waals surface area contributed by atoms with Crippen LogP contribution in [0, 0.1) is 0 Å². The van der Waals surface area contributed by atoms with E-state index in [0.29, 0.717) is 27.7 Å². The zero-order chi connectivity index (χ0) is 23.0. The minimum Gasteiger partial charge on any atom is -0.318 e. The van der Waals surface area contributed by atoms with Gasteiger partial charge in [-0.1, -0.05) is 41.4 Å².